The molecule has 76 valence electrons. The molecule has 0 aliphatic carbocycles. The predicted octanol–water partition coefficient (Wildman–Crippen LogP) is 2.82. The van der Waals surface area contributed by atoms with Crippen molar-refractivity contribution >= 4 is 0 Å². The molecule has 2 aromatic heterocycles. The van der Waals surface area contributed by atoms with Crippen LogP contribution >= 0.6 is 0 Å². The van der Waals surface area contributed by atoms with Gasteiger partial charge in [-0.2, -0.15) is 0 Å². The quantitative estimate of drug-likeness (QED) is 0.757. The zero-order valence-corrected chi connectivity index (χ0v) is 8.80. The number of pyridine rings is 2. The number of hydrogen-bond donors (Lipinski definition) is 0. The summed E-state index contributed by atoms with van der Waals surface area (Å²) in [7, 11) is 0. The minimum Gasteiger partial charge on any atom is -0.265 e. The average molecular weight is 198 g/mol. The standard InChI is InChI=1S/C13H14N2/c1-11(13-4-2-3-7-15-13)10-12-5-8-14-9-6-12/h2-9,11H,10H2,1H3. The molecule has 0 N–H and O–H groups in total. The van der Waals surface area contributed by atoms with Crippen molar-refractivity contribution in [2.24, 2.45) is 0 Å². The Kier molecular flexibility index (Phi) is 3.08. The van der Waals surface area contributed by atoms with Crippen molar-refractivity contribution in [1.29, 1.82) is 0 Å². The number of rotatable bonds is 3. The third kappa shape index (κ3) is 2.62. The Balaban J connectivity index is 2.08. The summed E-state index contributed by atoms with van der Waals surface area (Å²) in [6.07, 6.45) is 6.53. The first-order valence-electron chi connectivity index (χ1n) is 5.16. The Labute approximate surface area is 90.0 Å². The molecule has 0 aliphatic heterocycles. The highest BCUT2D eigenvalue weighted by atomic mass is 14.7. The fourth-order valence-corrected chi connectivity index (χ4v) is 1.64. The maximum Gasteiger partial charge on any atom is 0.0435 e. The molecule has 0 aromatic carbocycles. The van der Waals surface area contributed by atoms with Gasteiger partial charge in [0.2, 0.25) is 0 Å². The molecular weight excluding hydrogens is 184 g/mol. The first kappa shape index (κ1) is 9.84. The van der Waals surface area contributed by atoms with Crippen LogP contribution in [0.2, 0.25) is 0 Å². The molecule has 2 aromatic rings. The average Bonchev–Trinajstić information content (AvgIpc) is 2.31. The van der Waals surface area contributed by atoms with E-state index in [4.69, 9.17) is 0 Å². The van der Waals surface area contributed by atoms with Crippen LogP contribution in [0.1, 0.15) is 24.1 Å². The van der Waals surface area contributed by atoms with Gasteiger partial charge in [-0.15, -0.1) is 0 Å². The third-order valence-corrected chi connectivity index (χ3v) is 2.48. The Morgan fingerprint density at radius 2 is 1.87 bits per heavy atom. The Bertz CT molecular complexity index is 397. The summed E-state index contributed by atoms with van der Waals surface area (Å²) in [6.45, 7) is 2.20. The summed E-state index contributed by atoms with van der Waals surface area (Å²) in [5, 5.41) is 0. The lowest BCUT2D eigenvalue weighted by atomic mass is 9.98. The van der Waals surface area contributed by atoms with Gasteiger partial charge in [-0.3, -0.25) is 9.97 Å². The molecule has 0 radical (unpaired) electrons. The zero-order valence-electron chi connectivity index (χ0n) is 8.80. The van der Waals surface area contributed by atoms with Crippen LogP contribution in [0.5, 0.6) is 0 Å². The molecule has 0 aliphatic rings. The summed E-state index contributed by atoms with van der Waals surface area (Å²) >= 11 is 0. The van der Waals surface area contributed by atoms with Gasteiger partial charge in [-0.25, -0.2) is 0 Å². The Morgan fingerprint density at radius 1 is 1.07 bits per heavy atom. The Morgan fingerprint density at radius 3 is 2.53 bits per heavy atom. The maximum atomic E-state index is 4.36. The van der Waals surface area contributed by atoms with Gasteiger partial charge in [0.1, 0.15) is 0 Å². The zero-order chi connectivity index (χ0) is 10.5. The number of hydrogen-bond acceptors (Lipinski definition) is 2. The molecule has 2 heteroatoms. The van der Waals surface area contributed by atoms with Crippen LogP contribution in [0.3, 0.4) is 0 Å². The second-order valence-corrected chi connectivity index (χ2v) is 3.72. The van der Waals surface area contributed by atoms with Crippen LogP contribution < -0.4 is 0 Å². The van der Waals surface area contributed by atoms with E-state index in [1.54, 1.807) is 0 Å². The number of nitrogens with zero attached hydrogens (tertiary/aromatic N) is 2. The van der Waals surface area contributed by atoms with E-state index in [2.05, 4.69) is 35.1 Å². The SMILES string of the molecule is CC(Cc1ccncc1)c1ccccn1. The van der Waals surface area contributed by atoms with Crippen LogP contribution in [0.4, 0.5) is 0 Å². The molecule has 2 rings (SSSR count). The van der Waals surface area contributed by atoms with Crippen molar-refractivity contribution in [2.45, 2.75) is 19.3 Å². The molecular formula is C13H14N2. The minimum atomic E-state index is 0.452. The third-order valence-electron chi connectivity index (χ3n) is 2.48. The fourth-order valence-electron chi connectivity index (χ4n) is 1.64. The van der Waals surface area contributed by atoms with Crippen molar-refractivity contribution in [2.75, 3.05) is 0 Å². The summed E-state index contributed by atoms with van der Waals surface area (Å²) in [5.74, 6) is 0.452. The minimum absolute atomic E-state index is 0.452. The lowest BCUT2D eigenvalue weighted by Crippen LogP contribution is -2.00. The molecule has 15 heavy (non-hydrogen) atoms. The molecule has 1 atom stereocenters. The van der Waals surface area contributed by atoms with Gasteiger partial charge in [-0.1, -0.05) is 13.0 Å². The largest absolute Gasteiger partial charge is 0.265 e. The molecule has 2 nitrogen and oxygen atoms in total. The molecule has 0 fully saturated rings. The van der Waals surface area contributed by atoms with Crippen molar-refractivity contribution in [3.8, 4) is 0 Å². The van der Waals surface area contributed by atoms with Crippen LogP contribution in [0, 0.1) is 0 Å². The highest BCUT2D eigenvalue weighted by Crippen LogP contribution is 2.17. The predicted molar refractivity (Wildman–Crippen MR) is 60.6 cm³/mol. The molecule has 2 heterocycles. The normalized spacial score (nSPS) is 12.3. The molecule has 0 bridgehead atoms. The molecule has 1 unspecified atom stereocenters. The van der Waals surface area contributed by atoms with Crippen LogP contribution in [0.15, 0.2) is 48.9 Å². The van der Waals surface area contributed by atoms with Crippen LogP contribution in [-0.4, -0.2) is 9.97 Å². The van der Waals surface area contributed by atoms with E-state index < -0.39 is 0 Å². The monoisotopic (exact) mass is 198 g/mol. The maximum absolute atomic E-state index is 4.36. The highest BCUT2D eigenvalue weighted by Gasteiger charge is 2.06. The summed E-state index contributed by atoms with van der Waals surface area (Å²) in [5.41, 5.74) is 2.46. The summed E-state index contributed by atoms with van der Waals surface area (Å²) in [6, 6.07) is 10.2. The van der Waals surface area contributed by atoms with E-state index in [1.165, 1.54) is 5.56 Å². The summed E-state index contributed by atoms with van der Waals surface area (Å²) in [4.78, 5) is 8.37. The van der Waals surface area contributed by atoms with Crippen molar-refractivity contribution in [3.63, 3.8) is 0 Å². The van der Waals surface area contributed by atoms with E-state index in [9.17, 15) is 0 Å². The second-order valence-electron chi connectivity index (χ2n) is 3.72. The first-order chi connectivity index (χ1) is 7.36. The van der Waals surface area contributed by atoms with E-state index in [-0.39, 0.29) is 0 Å². The van der Waals surface area contributed by atoms with E-state index in [1.807, 2.05) is 30.7 Å². The van der Waals surface area contributed by atoms with Crippen LogP contribution in [0.25, 0.3) is 0 Å². The van der Waals surface area contributed by atoms with Crippen molar-refractivity contribution in [3.05, 3.63) is 60.2 Å². The topological polar surface area (TPSA) is 25.8 Å². The van der Waals surface area contributed by atoms with Gasteiger partial charge in [-0.05, 0) is 36.2 Å². The molecule has 0 saturated heterocycles. The smallest absolute Gasteiger partial charge is 0.0435 e. The lowest BCUT2D eigenvalue weighted by Gasteiger charge is -2.10. The van der Waals surface area contributed by atoms with Gasteiger partial charge in [0, 0.05) is 30.2 Å². The van der Waals surface area contributed by atoms with Crippen molar-refractivity contribution in [1.82, 2.24) is 9.97 Å². The van der Waals surface area contributed by atoms with E-state index in [0.29, 0.717) is 5.92 Å². The van der Waals surface area contributed by atoms with Crippen molar-refractivity contribution < 1.29 is 0 Å². The second kappa shape index (κ2) is 4.69. The van der Waals surface area contributed by atoms with E-state index >= 15 is 0 Å². The van der Waals surface area contributed by atoms with Gasteiger partial charge in [0.05, 0.1) is 0 Å². The highest BCUT2D eigenvalue weighted by molar-refractivity contribution is 5.16. The van der Waals surface area contributed by atoms with Gasteiger partial charge < -0.3 is 0 Å². The van der Waals surface area contributed by atoms with Gasteiger partial charge in [0.25, 0.3) is 0 Å². The van der Waals surface area contributed by atoms with Gasteiger partial charge in [0.15, 0.2) is 0 Å². The number of aromatic nitrogens is 2. The van der Waals surface area contributed by atoms with E-state index in [0.717, 1.165) is 12.1 Å². The first-order valence-corrected chi connectivity index (χ1v) is 5.16. The summed E-state index contributed by atoms with van der Waals surface area (Å²) < 4.78 is 0. The lowest BCUT2D eigenvalue weighted by molar-refractivity contribution is 0.730. The molecule has 0 spiro atoms. The molecule has 0 saturated carbocycles. The fraction of sp³-hybridized carbons (Fsp3) is 0.231. The van der Waals surface area contributed by atoms with Crippen LogP contribution in [-0.2, 0) is 6.42 Å². The van der Waals surface area contributed by atoms with Gasteiger partial charge >= 0.3 is 0 Å². The Hall–Kier alpha value is -1.70. The molecule has 0 amide bonds.